The van der Waals surface area contributed by atoms with E-state index in [0.29, 0.717) is 11.3 Å². The number of halogens is 5. The van der Waals surface area contributed by atoms with Crippen LogP contribution in [0.4, 0.5) is 22.0 Å². The SMILES string of the molecule is COc1cccc([C@@H](C)NC(=O)C(F)(F)C(F)(F)F)c1. The second-order valence-electron chi connectivity index (χ2n) is 4.04. The van der Waals surface area contributed by atoms with Gasteiger partial charge in [-0.3, -0.25) is 4.79 Å². The number of rotatable bonds is 4. The number of hydrogen-bond donors (Lipinski definition) is 1. The summed E-state index contributed by atoms with van der Waals surface area (Å²) in [6.45, 7) is 1.29. The van der Waals surface area contributed by atoms with Crippen LogP contribution in [0, 0.1) is 0 Å². The van der Waals surface area contributed by atoms with Crippen LogP contribution in [-0.4, -0.2) is 25.1 Å². The molecule has 0 aliphatic rings. The summed E-state index contributed by atoms with van der Waals surface area (Å²) in [7, 11) is 1.38. The standard InChI is InChI=1S/C12H12F5NO2/c1-7(8-4-3-5-9(6-8)20-2)18-10(19)11(13,14)12(15,16)17/h3-7H,1-2H3,(H,18,19)/t7-/m1/s1. The van der Waals surface area contributed by atoms with Crippen molar-refractivity contribution in [2.45, 2.75) is 25.1 Å². The molecule has 1 atom stereocenters. The van der Waals surface area contributed by atoms with Crippen LogP contribution in [-0.2, 0) is 4.79 Å². The van der Waals surface area contributed by atoms with E-state index in [0.717, 1.165) is 0 Å². The Balaban J connectivity index is 2.85. The molecule has 112 valence electrons. The van der Waals surface area contributed by atoms with E-state index in [-0.39, 0.29) is 0 Å². The van der Waals surface area contributed by atoms with Gasteiger partial charge in [0.25, 0.3) is 0 Å². The number of benzene rings is 1. The van der Waals surface area contributed by atoms with Crippen LogP contribution in [0.5, 0.6) is 5.75 Å². The molecule has 0 heterocycles. The summed E-state index contributed by atoms with van der Waals surface area (Å²) in [6, 6.07) is 4.97. The van der Waals surface area contributed by atoms with Gasteiger partial charge in [0.05, 0.1) is 13.2 Å². The molecule has 0 bridgehead atoms. The van der Waals surface area contributed by atoms with E-state index in [9.17, 15) is 26.7 Å². The third kappa shape index (κ3) is 3.37. The fourth-order valence-corrected chi connectivity index (χ4v) is 1.41. The minimum absolute atomic E-state index is 0.343. The lowest BCUT2D eigenvalue weighted by Crippen LogP contribution is -2.50. The Bertz CT molecular complexity index is 487. The summed E-state index contributed by atoms with van der Waals surface area (Å²) in [5, 5.41) is 1.63. The van der Waals surface area contributed by atoms with Crippen LogP contribution in [0.2, 0.25) is 0 Å². The average Bonchev–Trinajstić information content (AvgIpc) is 2.37. The molecule has 0 saturated carbocycles. The number of alkyl halides is 5. The van der Waals surface area contributed by atoms with Crippen molar-refractivity contribution in [3.8, 4) is 5.75 Å². The van der Waals surface area contributed by atoms with Gasteiger partial charge in [-0.1, -0.05) is 12.1 Å². The maximum Gasteiger partial charge on any atom is 0.463 e. The van der Waals surface area contributed by atoms with Crippen molar-refractivity contribution in [2.75, 3.05) is 7.11 Å². The lowest BCUT2D eigenvalue weighted by atomic mass is 10.1. The van der Waals surface area contributed by atoms with Gasteiger partial charge in [0, 0.05) is 0 Å². The summed E-state index contributed by atoms with van der Waals surface area (Å²) in [5.74, 6) is -7.42. The van der Waals surface area contributed by atoms with Gasteiger partial charge in [-0.25, -0.2) is 0 Å². The Morgan fingerprint density at radius 3 is 2.35 bits per heavy atom. The third-order valence-electron chi connectivity index (χ3n) is 2.58. The average molecular weight is 297 g/mol. The predicted molar refractivity (Wildman–Crippen MR) is 60.6 cm³/mol. The van der Waals surface area contributed by atoms with Crippen molar-refractivity contribution >= 4 is 5.91 Å². The minimum atomic E-state index is -5.93. The van der Waals surface area contributed by atoms with Crippen molar-refractivity contribution in [2.24, 2.45) is 0 Å². The maximum atomic E-state index is 12.8. The van der Waals surface area contributed by atoms with Gasteiger partial charge in [-0.05, 0) is 24.6 Å². The molecule has 1 aromatic rings. The zero-order chi connectivity index (χ0) is 15.6. The number of methoxy groups -OCH3 is 1. The Hall–Kier alpha value is -1.86. The van der Waals surface area contributed by atoms with Crippen molar-refractivity contribution in [3.63, 3.8) is 0 Å². The second-order valence-corrected chi connectivity index (χ2v) is 4.04. The molecule has 8 heteroatoms. The lowest BCUT2D eigenvalue weighted by Gasteiger charge is -2.22. The lowest BCUT2D eigenvalue weighted by molar-refractivity contribution is -0.270. The first-order valence-corrected chi connectivity index (χ1v) is 5.49. The van der Waals surface area contributed by atoms with Gasteiger partial charge < -0.3 is 10.1 Å². The highest BCUT2D eigenvalue weighted by Gasteiger charge is 2.63. The number of carbonyl (C=O) groups excluding carboxylic acids is 1. The van der Waals surface area contributed by atoms with E-state index in [1.807, 2.05) is 0 Å². The number of amides is 1. The van der Waals surface area contributed by atoms with Crippen LogP contribution in [0.15, 0.2) is 24.3 Å². The molecule has 1 amide bonds. The summed E-state index contributed by atoms with van der Waals surface area (Å²) >= 11 is 0. The molecule has 0 spiro atoms. The van der Waals surface area contributed by atoms with E-state index in [2.05, 4.69) is 0 Å². The predicted octanol–water partition coefficient (Wildman–Crippen LogP) is 3.07. The van der Waals surface area contributed by atoms with E-state index in [1.165, 1.54) is 32.2 Å². The number of carbonyl (C=O) groups is 1. The Labute approximate surface area is 111 Å². The molecule has 20 heavy (non-hydrogen) atoms. The number of ether oxygens (including phenoxy) is 1. The number of nitrogens with one attached hydrogen (secondary N) is 1. The number of hydrogen-bond acceptors (Lipinski definition) is 2. The van der Waals surface area contributed by atoms with Gasteiger partial charge in [0.1, 0.15) is 5.75 Å². The fraction of sp³-hybridized carbons (Fsp3) is 0.417. The molecule has 0 aliphatic carbocycles. The smallest absolute Gasteiger partial charge is 0.463 e. The molecular formula is C12H12F5NO2. The van der Waals surface area contributed by atoms with Crippen molar-refractivity contribution in [3.05, 3.63) is 29.8 Å². The van der Waals surface area contributed by atoms with Gasteiger partial charge in [-0.15, -0.1) is 0 Å². The zero-order valence-electron chi connectivity index (χ0n) is 10.6. The minimum Gasteiger partial charge on any atom is -0.497 e. The molecule has 3 nitrogen and oxygen atoms in total. The van der Waals surface area contributed by atoms with Crippen molar-refractivity contribution in [1.29, 1.82) is 0 Å². The molecule has 1 rings (SSSR count). The third-order valence-corrected chi connectivity index (χ3v) is 2.58. The monoisotopic (exact) mass is 297 g/mol. The molecule has 0 aliphatic heterocycles. The van der Waals surface area contributed by atoms with Crippen LogP contribution >= 0.6 is 0 Å². The molecular weight excluding hydrogens is 285 g/mol. The van der Waals surface area contributed by atoms with Crippen LogP contribution in [0.1, 0.15) is 18.5 Å². The molecule has 0 radical (unpaired) electrons. The largest absolute Gasteiger partial charge is 0.497 e. The highest BCUT2D eigenvalue weighted by atomic mass is 19.4. The molecule has 0 saturated heterocycles. The molecule has 1 N–H and O–H groups in total. The molecule has 0 fully saturated rings. The molecule has 0 aromatic heterocycles. The summed E-state index contributed by atoms with van der Waals surface area (Å²) in [4.78, 5) is 11.0. The topological polar surface area (TPSA) is 38.3 Å². The second kappa shape index (κ2) is 5.64. The molecule has 0 unspecified atom stereocenters. The highest BCUT2D eigenvalue weighted by molar-refractivity contribution is 5.84. The van der Waals surface area contributed by atoms with Crippen LogP contribution in [0.3, 0.4) is 0 Å². The Kier molecular flexibility index (Phi) is 4.57. The summed E-state index contributed by atoms with van der Waals surface area (Å²) < 4.78 is 66.5. The summed E-state index contributed by atoms with van der Waals surface area (Å²) in [5.41, 5.74) is 0.343. The van der Waals surface area contributed by atoms with Crippen LogP contribution in [0.25, 0.3) is 0 Å². The quantitative estimate of drug-likeness (QED) is 0.867. The Morgan fingerprint density at radius 2 is 1.85 bits per heavy atom. The molecule has 1 aromatic carbocycles. The van der Waals surface area contributed by atoms with Gasteiger partial charge in [-0.2, -0.15) is 22.0 Å². The van der Waals surface area contributed by atoms with E-state index >= 15 is 0 Å². The first-order chi connectivity index (χ1) is 9.09. The Morgan fingerprint density at radius 1 is 1.25 bits per heavy atom. The van der Waals surface area contributed by atoms with Crippen molar-refractivity contribution in [1.82, 2.24) is 5.32 Å². The van der Waals surface area contributed by atoms with E-state index in [4.69, 9.17) is 4.74 Å². The normalized spacial score (nSPS) is 13.8. The fourth-order valence-electron chi connectivity index (χ4n) is 1.41. The van der Waals surface area contributed by atoms with Gasteiger partial charge in [0.2, 0.25) is 0 Å². The van der Waals surface area contributed by atoms with Crippen molar-refractivity contribution < 1.29 is 31.5 Å². The van der Waals surface area contributed by atoms with E-state index < -0.39 is 24.0 Å². The zero-order valence-corrected chi connectivity index (χ0v) is 10.6. The van der Waals surface area contributed by atoms with Gasteiger partial charge in [0.15, 0.2) is 0 Å². The summed E-state index contributed by atoms with van der Waals surface area (Å²) in [6.07, 6.45) is -5.93. The first-order valence-electron chi connectivity index (χ1n) is 5.49. The van der Waals surface area contributed by atoms with Gasteiger partial charge >= 0.3 is 18.0 Å². The van der Waals surface area contributed by atoms with E-state index in [1.54, 1.807) is 11.4 Å². The highest BCUT2D eigenvalue weighted by Crippen LogP contribution is 2.36. The maximum absolute atomic E-state index is 12.8. The van der Waals surface area contributed by atoms with Crippen LogP contribution < -0.4 is 10.1 Å². The first kappa shape index (κ1) is 16.2.